The Balaban J connectivity index is 3.83. The molecule has 64 valence electrons. The summed E-state index contributed by atoms with van der Waals surface area (Å²) < 4.78 is 0. The topological polar surface area (TPSA) is 24.4 Å². The lowest BCUT2D eigenvalue weighted by atomic mass is 10.1. The molecule has 0 aliphatic rings. The second-order valence-corrected chi connectivity index (χ2v) is 2.95. The van der Waals surface area contributed by atoms with Crippen LogP contribution >= 0.6 is 0 Å². The predicted octanol–water partition coefficient (Wildman–Crippen LogP) is 2.18. The molecular formula is C9H18N2. The molecule has 0 spiro atoms. The van der Waals surface area contributed by atoms with Crippen LogP contribution < -0.4 is 5.32 Å². The predicted molar refractivity (Wildman–Crippen MR) is 50.8 cm³/mol. The van der Waals surface area contributed by atoms with E-state index in [0.717, 1.165) is 18.7 Å². The molecule has 0 rings (SSSR count). The van der Waals surface area contributed by atoms with Crippen molar-refractivity contribution in [3.63, 3.8) is 0 Å². The molecule has 0 aromatic heterocycles. The van der Waals surface area contributed by atoms with E-state index < -0.39 is 0 Å². The summed E-state index contributed by atoms with van der Waals surface area (Å²) in [5.74, 6) is 0.644. The third-order valence-electron chi connectivity index (χ3n) is 1.29. The van der Waals surface area contributed by atoms with Gasteiger partial charge in [0.15, 0.2) is 0 Å². The molecule has 0 saturated carbocycles. The number of rotatable bonds is 5. The van der Waals surface area contributed by atoms with Crippen LogP contribution in [0.2, 0.25) is 0 Å². The molecule has 1 N–H and O–H groups in total. The lowest BCUT2D eigenvalue weighted by Gasteiger charge is -2.04. The van der Waals surface area contributed by atoms with Crippen molar-refractivity contribution in [2.75, 3.05) is 6.54 Å². The van der Waals surface area contributed by atoms with E-state index >= 15 is 0 Å². The molecule has 0 aliphatic heterocycles. The van der Waals surface area contributed by atoms with Gasteiger partial charge in [0.1, 0.15) is 0 Å². The Hall–Kier alpha value is -0.790. The summed E-state index contributed by atoms with van der Waals surface area (Å²) >= 11 is 0. The Kier molecular flexibility index (Phi) is 5.53. The first-order chi connectivity index (χ1) is 5.20. The molecule has 0 radical (unpaired) electrons. The van der Waals surface area contributed by atoms with Gasteiger partial charge in [-0.1, -0.05) is 13.8 Å². The van der Waals surface area contributed by atoms with Gasteiger partial charge in [0.2, 0.25) is 0 Å². The smallest absolute Gasteiger partial charge is 0.0555 e. The van der Waals surface area contributed by atoms with E-state index in [4.69, 9.17) is 0 Å². The number of allylic oxidation sites excluding steroid dienone is 1. The van der Waals surface area contributed by atoms with Crippen molar-refractivity contribution in [3.05, 3.63) is 11.9 Å². The number of hydrogen-bond donors (Lipinski definition) is 1. The van der Waals surface area contributed by atoms with E-state index in [9.17, 15) is 0 Å². The highest BCUT2D eigenvalue weighted by molar-refractivity contribution is 5.28. The Morgan fingerprint density at radius 2 is 2.27 bits per heavy atom. The molecule has 2 heteroatoms. The lowest BCUT2D eigenvalue weighted by molar-refractivity contribution is 0.635. The zero-order valence-electron chi connectivity index (χ0n) is 7.72. The number of nitrogens with zero attached hydrogens (tertiary/aromatic N) is 1. The molecule has 11 heavy (non-hydrogen) atoms. The SMILES string of the molecule is C=N/C(=C\NCC)CC(C)C. The molecule has 2 nitrogen and oxygen atoms in total. The van der Waals surface area contributed by atoms with Crippen LogP contribution in [0.5, 0.6) is 0 Å². The molecule has 0 bridgehead atoms. The minimum absolute atomic E-state index is 0.644. The molecule has 0 amide bonds. The number of hydrogen-bond acceptors (Lipinski definition) is 2. The summed E-state index contributed by atoms with van der Waals surface area (Å²) in [6, 6.07) is 0. The molecule has 0 atom stereocenters. The fraction of sp³-hybridized carbons (Fsp3) is 0.667. The first-order valence-corrected chi connectivity index (χ1v) is 4.09. The summed E-state index contributed by atoms with van der Waals surface area (Å²) in [4.78, 5) is 3.91. The first kappa shape index (κ1) is 10.2. The molecule has 0 aromatic carbocycles. The molecular weight excluding hydrogens is 136 g/mol. The maximum absolute atomic E-state index is 3.91. The highest BCUT2D eigenvalue weighted by Gasteiger charge is 1.96. The van der Waals surface area contributed by atoms with Crippen molar-refractivity contribution >= 4 is 6.72 Å². The van der Waals surface area contributed by atoms with Gasteiger partial charge >= 0.3 is 0 Å². The van der Waals surface area contributed by atoms with E-state index in [2.05, 4.69) is 37.8 Å². The third-order valence-corrected chi connectivity index (χ3v) is 1.29. The maximum Gasteiger partial charge on any atom is 0.0555 e. The Morgan fingerprint density at radius 3 is 2.64 bits per heavy atom. The summed E-state index contributed by atoms with van der Waals surface area (Å²) in [5.41, 5.74) is 1.04. The lowest BCUT2D eigenvalue weighted by Crippen LogP contribution is -2.04. The maximum atomic E-state index is 3.91. The third kappa shape index (κ3) is 5.64. The van der Waals surface area contributed by atoms with Crippen LogP contribution in [-0.2, 0) is 0 Å². The van der Waals surface area contributed by atoms with E-state index in [-0.39, 0.29) is 0 Å². The zero-order chi connectivity index (χ0) is 8.69. The van der Waals surface area contributed by atoms with Gasteiger partial charge in [-0.2, -0.15) is 0 Å². The molecule has 0 heterocycles. The van der Waals surface area contributed by atoms with Gasteiger partial charge in [-0.25, -0.2) is 0 Å². The van der Waals surface area contributed by atoms with Crippen LogP contribution in [0.3, 0.4) is 0 Å². The first-order valence-electron chi connectivity index (χ1n) is 4.09. The van der Waals surface area contributed by atoms with Crippen molar-refractivity contribution in [3.8, 4) is 0 Å². The molecule has 0 unspecified atom stereocenters. The van der Waals surface area contributed by atoms with Crippen LogP contribution in [-0.4, -0.2) is 13.3 Å². The average Bonchev–Trinajstić information content (AvgIpc) is 1.97. The summed E-state index contributed by atoms with van der Waals surface area (Å²) in [5, 5.41) is 3.11. The molecule has 0 aromatic rings. The van der Waals surface area contributed by atoms with E-state index in [1.54, 1.807) is 0 Å². The molecule has 0 saturated heterocycles. The van der Waals surface area contributed by atoms with Crippen LogP contribution in [0.25, 0.3) is 0 Å². The molecule has 0 fully saturated rings. The van der Waals surface area contributed by atoms with Gasteiger partial charge in [-0.05, 0) is 26.0 Å². The largest absolute Gasteiger partial charge is 0.390 e. The van der Waals surface area contributed by atoms with Crippen molar-refractivity contribution < 1.29 is 0 Å². The van der Waals surface area contributed by atoms with Gasteiger partial charge < -0.3 is 5.32 Å². The van der Waals surface area contributed by atoms with Crippen molar-refractivity contribution in [1.29, 1.82) is 0 Å². The zero-order valence-corrected chi connectivity index (χ0v) is 7.72. The number of nitrogens with one attached hydrogen (secondary N) is 1. The molecule has 0 aliphatic carbocycles. The van der Waals surface area contributed by atoms with Crippen LogP contribution in [0.15, 0.2) is 16.9 Å². The van der Waals surface area contributed by atoms with Crippen molar-refractivity contribution in [1.82, 2.24) is 5.32 Å². The summed E-state index contributed by atoms with van der Waals surface area (Å²) in [6.07, 6.45) is 2.93. The standard InChI is InChI=1S/C9H18N2/c1-5-11-7-9(10-4)6-8(2)3/h7-8,11H,4-6H2,1-3H3/b9-7-. The minimum atomic E-state index is 0.644. The second-order valence-electron chi connectivity index (χ2n) is 2.95. The van der Waals surface area contributed by atoms with Gasteiger partial charge in [-0.15, -0.1) is 0 Å². The van der Waals surface area contributed by atoms with Crippen LogP contribution in [0.1, 0.15) is 27.2 Å². The van der Waals surface area contributed by atoms with E-state index in [1.807, 2.05) is 6.20 Å². The Morgan fingerprint density at radius 1 is 1.64 bits per heavy atom. The summed E-state index contributed by atoms with van der Waals surface area (Å²) in [7, 11) is 0. The Labute approximate surface area is 69.4 Å². The van der Waals surface area contributed by atoms with E-state index in [0.29, 0.717) is 5.92 Å². The van der Waals surface area contributed by atoms with Crippen molar-refractivity contribution in [2.45, 2.75) is 27.2 Å². The normalized spacial score (nSPS) is 11.8. The second kappa shape index (κ2) is 5.96. The van der Waals surface area contributed by atoms with Crippen LogP contribution in [0, 0.1) is 5.92 Å². The summed E-state index contributed by atoms with van der Waals surface area (Å²) in [6.45, 7) is 10.9. The van der Waals surface area contributed by atoms with Gasteiger partial charge in [0.25, 0.3) is 0 Å². The quantitative estimate of drug-likeness (QED) is 0.603. The highest BCUT2D eigenvalue weighted by Crippen LogP contribution is 2.09. The monoisotopic (exact) mass is 154 g/mol. The van der Waals surface area contributed by atoms with Crippen molar-refractivity contribution in [2.24, 2.45) is 10.9 Å². The fourth-order valence-electron chi connectivity index (χ4n) is 0.807. The average molecular weight is 154 g/mol. The fourth-order valence-corrected chi connectivity index (χ4v) is 0.807. The van der Waals surface area contributed by atoms with Gasteiger partial charge in [0, 0.05) is 12.7 Å². The van der Waals surface area contributed by atoms with Gasteiger partial charge in [0.05, 0.1) is 5.70 Å². The Bertz CT molecular complexity index is 136. The minimum Gasteiger partial charge on any atom is -0.390 e. The highest BCUT2D eigenvalue weighted by atomic mass is 14.9. The number of aliphatic imine (C=N–C) groups is 1. The van der Waals surface area contributed by atoms with Crippen LogP contribution in [0.4, 0.5) is 0 Å². The van der Waals surface area contributed by atoms with E-state index in [1.165, 1.54) is 0 Å². The van der Waals surface area contributed by atoms with Gasteiger partial charge in [-0.3, -0.25) is 4.99 Å².